The van der Waals surface area contributed by atoms with E-state index in [9.17, 15) is 14.7 Å². The predicted octanol–water partition coefficient (Wildman–Crippen LogP) is 4.10. The summed E-state index contributed by atoms with van der Waals surface area (Å²) in [4.78, 5) is 23.9. The van der Waals surface area contributed by atoms with Gasteiger partial charge in [0.25, 0.3) is 5.78 Å². The lowest BCUT2D eigenvalue weighted by Crippen LogP contribution is -2.15. The quantitative estimate of drug-likeness (QED) is 0.319. The van der Waals surface area contributed by atoms with Crippen molar-refractivity contribution < 1.29 is 28.9 Å². The standard InChI is InChI=1S/C24H21NO6/c1-2-10-30-17-8-9-20-18(12-17)19(23(26)24(27)28)13-25(20)21(22-14-29-15-31-22)11-16-6-4-3-5-7-16/h2-9,12-14,21H,1,10-11,15H2,(H,27,28). The fourth-order valence-corrected chi connectivity index (χ4v) is 3.63. The van der Waals surface area contributed by atoms with Gasteiger partial charge in [-0.25, -0.2) is 4.79 Å². The highest BCUT2D eigenvalue weighted by molar-refractivity contribution is 6.42. The molecule has 0 amide bonds. The lowest BCUT2D eigenvalue weighted by Gasteiger charge is -2.20. The smallest absolute Gasteiger partial charge is 0.377 e. The Morgan fingerprint density at radius 1 is 1.23 bits per heavy atom. The van der Waals surface area contributed by atoms with Crippen molar-refractivity contribution in [2.24, 2.45) is 0 Å². The summed E-state index contributed by atoms with van der Waals surface area (Å²) in [6.07, 6.45) is 5.29. The Labute approximate surface area is 178 Å². The summed E-state index contributed by atoms with van der Waals surface area (Å²) in [6, 6.07) is 14.8. The number of ether oxygens (including phenoxy) is 3. The van der Waals surface area contributed by atoms with Crippen LogP contribution in [0, 0.1) is 0 Å². The average molecular weight is 419 g/mol. The molecule has 2 aromatic carbocycles. The van der Waals surface area contributed by atoms with Gasteiger partial charge in [0.15, 0.2) is 5.76 Å². The van der Waals surface area contributed by atoms with Crippen LogP contribution in [0.2, 0.25) is 0 Å². The second kappa shape index (κ2) is 8.79. The molecule has 0 aliphatic carbocycles. The van der Waals surface area contributed by atoms with Crippen LogP contribution in [0.3, 0.4) is 0 Å². The Balaban J connectivity index is 1.85. The first-order chi connectivity index (χ1) is 15.1. The van der Waals surface area contributed by atoms with Crippen LogP contribution < -0.4 is 4.74 Å². The minimum absolute atomic E-state index is 0.0872. The lowest BCUT2D eigenvalue weighted by molar-refractivity contribution is -0.131. The van der Waals surface area contributed by atoms with Gasteiger partial charge in [0.05, 0.1) is 11.6 Å². The molecule has 7 heteroatoms. The average Bonchev–Trinajstić information content (AvgIpc) is 3.44. The predicted molar refractivity (Wildman–Crippen MR) is 114 cm³/mol. The third-order valence-corrected chi connectivity index (χ3v) is 5.04. The molecule has 0 saturated carbocycles. The van der Waals surface area contributed by atoms with E-state index in [0.29, 0.717) is 35.4 Å². The van der Waals surface area contributed by atoms with Crippen LogP contribution in [0.1, 0.15) is 22.0 Å². The largest absolute Gasteiger partial charge is 0.490 e. The first-order valence-corrected chi connectivity index (χ1v) is 9.72. The molecule has 0 bridgehead atoms. The van der Waals surface area contributed by atoms with E-state index in [2.05, 4.69) is 6.58 Å². The van der Waals surface area contributed by atoms with Crippen LogP contribution >= 0.6 is 0 Å². The minimum Gasteiger partial charge on any atom is -0.490 e. The third-order valence-electron chi connectivity index (χ3n) is 5.04. The van der Waals surface area contributed by atoms with Gasteiger partial charge in [-0.1, -0.05) is 43.0 Å². The normalized spacial score (nSPS) is 13.7. The van der Waals surface area contributed by atoms with E-state index in [0.717, 1.165) is 5.56 Å². The second-order valence-corrected chi connectivity index (χ2v) is 7.02. The van der Waals surface area contributed by atoms with Gasteiger partial charge in [-0.15, -0.1) is 0 Å². The fourth-order valence-electron chi connectivity index (χ4n) is 3.63. The molecule has 1 aromatic heterocycles. The van der Waals surface area contributed by atoms with Crippen LogP contribution in [0.25, 0.3) is 10.9 Å². The van der Waals surface area contributed by atoms with Gasteiger partial charge in [-0.05, 0) is 23.8 Å². The van der Waals surface area contributed by atoms with E-state index in [4.69, 9.17) is 14.2 Å². The SMILES string of the molecule is C=CCOc1ccc2c(c1)c(C(=O)C(=O)O)cn2C(Cc1ccccc1)C1=COCO1. The van der Waals surface area contributed by atoms with E-state index < -0.39 is 11.8 Å². The first-order valence-electron chi connectivity index (χ1n) is 9.72. The van der Waals surface area contributed by atoms with Gasteiger partial charge in [-0.2, -0.15) is 0 Å². The number of hydrogen-bond acceptors (Lipinski definition) is 5. The van der Waals surface area contributed by atoms with Crippen molar-refractivity contribution in [1.29, 1.82) is 0 Å². The van der Waals surface area contributed by atoms with Gasteiger partial charge >= 0.3 is 5.97 Å². The maximum absolute atomic E-state index is 12.5. The number of carboxylic acid groups (broad SMARTS) is 1. The molecule has 1 atom stereocenters. The molecular weight excluding hydrogens is 398 g/mol. The number of Topliss-reactive ketones (excluding diaryl/α,β-unsaturated/α-hetero) is 1. The van der Waals surface area contributed by atoms with Crippen molar-refractivity contribution in [3.63, 3.8) is 0 Å². The molecule has 0 saturated heterocycles. The monoisotopic (exact) mass is 419 g/mol. The maximum atomic E-state index is 12.5. The third kappa shape index (κ3) is 4.16. The Kier molecular flexibility index (Phi) is 5.75. The van der Waals surface area contributed by atoms with Crippen LogP contribution in [0.15, 0.2) is 79.4 Å². The number of carbonyl (C=O) groups is 2. The summed E-state index contributed by atoms with van der Waals surface area (Å²) < 4.78 is 18.4. The number of aromatic nitrogens is 1. The summed E-state index contributed by atoms with van der Waals surface area (Å²) >= 11 is 0. The molecule has 1 unspecified atom stereocenters. The van der Waals surface area contributed by atoms with E-state index in [1.807, 2.05) is 34.9 Å². The number of aliphatic carboxylic acids is 1. The van der Waals surface area contributed by atoms with Gasteiger partial charge in [0, 0.05) is 23.5 Å². The van der Waals surface area contributed by atoms with E-state index >= 15 is 0 Å². The second-order valence-electron chi connectivity index (χ2n) is 7.02. The lowest BCUT2D eigenvalue weighted by atomic mass is 10.0. The van der Waals surface area contributed by atoms with Crippen LogP contribution in [-0.2, 0) is 20.7 Å². The molecule has 31 heavy (non-hydrogen) atoms. The Morgan fingerprint density at radius 2 is 2.03 bits per heavy atom. The highest BCUT2D eigenvalue weighted by Gasteiger charge is 2.28. The topological polar surface area (TPSA) is 87.0 Å². The zero-order chi connectivity index (χ0) is 21.8. The van der Waals surface area contributed by atoms with Gasteiger partial charge in [0.2, 0.25) is 6.79 Å². The molecular formula is C24H21NO6. The summed E-state index contributed by atoms with van der Waals surface area (Å²) in [5, 5.41) is 9.83. The molecule has 0 spiro atoms. The number of ketones is 1. The van der Waals surface area contributed by atoms with E-state index in [1.165, 1.54) is 0 Å². The molecule has 0 radical (unpaired) electrons. The number of hydrogen-bond donors (Lipinski definition) is 1. The molecule has 7 nitrogen and oxygen atoms in total. The zero-order valence-corrected chi connectivity index (χ0v) is 16.7. The molecule has 0 fully saturated rings. The summed E-state index contributed by atoms with van der Waals surface area (Å²) in [7, 11) is 0. The summed E-state index contributed by atoms with van der Waals surface area (Å²) in [5.74, 6) is -1.39. The van der Waals surface area contributed by atoms with E-state index in [1.54, 1.807) is 36.7 Å². The Bertz CT molecular complexity index is 1160. The molecule has 3 aromatic rings. The van der Waals surface area contributed by atoms with Crippen molar-refractivity contribution in [2.75, 3.05) is 13.4 Å². The van der Waals surface area contributed by atoms with Crippen molar-refractivity contribution in [1.82, 2.24) is 4.57 Å². The van der Waals surface area contributed by atoms with Gasteiger partial charge in [-0.3, -0.25) is 4.79 Å². The highest BCUT2D eigenvalue weighted by Crippen LogP contribution is 2.34. The van der Waals surface area contributed by atoms with Crippen LogP contribution in [0.5, 0.6) is 5.75 Å². The molecule has 1 N–H and O–H groups in total. The van der Waals surface area contributed by atoms with Crippen LogP contribution in [-0.4, -0.2) is 34.8 Å². The Hall–Kier alpha value is -4.00. The molecule has 2 heterocycles. The summed E-state index contributed by atoms with van der Waals surface area (Å²) in [5.41, 5.74) is 1.83. The number of benzene rings is 2. The minimum atomic E-state index is -1.52. The maximum Gasteiger partial charge on any atom is 0.377 e. The molecule has 4 rings (SSSR count). The number of allylic oxidation sites excluding steroid dienone is 1. The van der Waals surface area contributed by atoms with E-state index in [-0.39, 0.29) is 18.4 Å². The number of nitrogens with zero attached hydrogens (tertiary/aromatic N) is 1. The molecule has 158 valence electrons. The number of carboxylic acids is 1. The number of fused-ring (bicyclic) bond motifs is 1. The number of carbonyl (C=O) groups excluding carboxylic acids is 1. The first kappa shape index (κ1) is 20.3. The van der Waals surface area contributed by atoms with Crippen LogP contribution in [0.4, 0.5) is 0 Å². The van der Waals surface area contributed by atoms with Crippen molar-refractivity contribution in [2.45, 2.75) is 12.5 Å². The molecule has 1 aliphatic heterocycles. The van der Waals surface area contributed by atoms with Gasteiger partial charge in [0.1, 0.15) is 18.6 Å². The zero-order valence-electron chi connectivity index (χ0n) is 16.7. The van der Waals surface area contributed by atoms with Crippen molar-refractivity contribution in [3.8, 4) is 5.75 Å². The summed E-state index contributed by atoms with van der Waals surface area (Å²) in [6.45, 7) is 4.03. The fraction of sp³-hybridized carbons (Fsp3) is 0.167. The van der Waals surface area contributed by atoms with Crippen molar-refractivity contribution >= 4 is 22.7 Å². The number of rotatable bonds is 9. The Morgan fingerprint density at radius 3 is 2.71 bits per heavy atom. The van der Waals surface area contributed by atoms with Crippen molar-refractivity contribution in [3.05, 3.63) is 90.5 Å². The van der Waals surface area contributed by atoms with Gasteiger partial charge < -0.3 is 23.9 Å². The molecule has 1 aliphatic rings. The highest BCUT2D eigenvalue weighted by atomic mass is 16.7.